The SMILES string of the molecule is Cc1ccc(CN)c(=O)n1CCS(C)(=O)=O. The maximum absolute atomic E-state index is 11.8. The van der Waals surface area contributed by atoms with Gasteiger partial charge in [-0.2, -0.15) is 0 Å². The molecular weight excluding hydrogens is 228 g/mol. The molecule has 0 spiro atoms. The smallest absolute Gasteiger partial charge is 0.255 e. The van der Waals surface area contributed by atoms with Gasteiger partial charge in [-0.15, -0.1) is 0 Å². The molecule has 90 valence electrons. The molecule has 6 heteroatoms. The van der Waals surface area contributed by atoms with E-state index >= 15 is 0 Å². The van der Waals surface area contributed by atoms with E-state index in [0.717, 1.165) is 11.9 Å². The van der Waals surface area contributed by atoms with Crippen molar-refractivity contribution in [2.75, 3.05) is 12.0 Å². The zero-order chi connectivity index (χ0) is 12.3. The number of hydrogen-bond acceptors (Lipinski definition) is 4. The largest absolute Gasteiger partial charge is 0.326 e. The summed E-state index contributed by atoms with van der Waals surface area (Å²) >= 11 is 0. The van der Waals surface area contributed by atoms with E-state index in [1.54, 1.807) is 19.1 Å². The second-order valence-electron chi connectivity index (χ2n) is 3.79. The molecule has 0 aromatic carbocycles. The third kappa shape index (κ3) is 3.18. The molecule has 0 aliphatic carbocycles. The first-order valence-electron chi connectivity index (χ1n) is 4.92. The lowest BCUT2D eigenvalue weighted by atomic mass is 10.2. The Morgan fingerprint density at radius 1 is 1.38 bits per heavy atom. The second kappa shape index (κ2) is 4.80. The molecule has 0 unspecified atom stereocenters. The van der Waals surface area contributed by atoms with Crippen molar-refractivity contribution in [2.24, 2.45) is 5.73 Å². The molecule has 0 aliphatic rings. The van der Waals surface area contributed by atoms with Crippen molar-refractivity contribution in [2.45, 2.75) is 20.0 Å². The first-order valence-corrected chi connectivity index (χ1v) is 6.98. The van der Waals surface area contributed by atoms with Gasteiger partial charge >= 0.3 is 0 Å². The van der Waals surface area contributed by atoms with Gasteiger partial charge in [0.05, 0.1) is 5.75 Å². The van der Waals surface area contributed by atoms with Gasteiger partial charge in [0.25, 0.3) is 5.56 Å². The van der Waals surface area contributed by atoms with Crippen LogP contribution < -0.4 is 11.3 Å². The summed E-state index contributed by atoms with van der Waals surface area (Å²) in [4.78, 5) is 11.8. The lowest BCUT2D eigenvalue weighted by molar-refractivity contribution is 0.590. The average molecular weight is 244 g/mol. The first kappa shape index (κ1) is 12.9. The first-order chi connectivity index (χ1) is 7.35. The number of aromatic nitrogens is 1. The summed E-state index contributed by atoms with van der Waals surface area (Å²) in [7, 11) is -3.07. The van der Waals surface area contributed by atoms with Gasteiger partial charge in [-0.05, 0) is 13.0 Å². The van der Waals surface area contributed by atoms with Crippen molar-refractivity contribution < 1.29 is 8.42 Å². The molecule has 0 radical (unpaired) electrons. The van der Waals surface area contributed by atoms with Crippen LogP contribution in [0.2, 0.25) is 0 Å². The van der Waals surface area contributed by atoms with Crippen LogP contribution in [-0.4, -0.2) is 25.0 Å². The quantitative estimate of drug-likeness (QED) is 0.785. The Labute approximate surface area is 94.8 Å². The monoisotopic (exact) mass is 244 g/mol. The summed E-state index contributed by atoms with van der Waals surface area (Å²) < 4.78 is 23.5. The molecule has 16 heavy (non-hydrogen) atoms. The third-order valence-corrected chi connectivity index (χ3v) is 3.30. The van der Waals surface area contributed by atoms with E-state index < -0.39 is 9.84 Å². The van der Waals surface area contributed by atoms with Gasteiger partial charge in [0, 0.05) is 30.6 Å². The van der Waals surface area contributed by atoms with Crippen LogP contribution >= 0.6 is 0 Å². The van der Waals surface area contributed by atoms with E-state index in [1.165, 1.54) is 4.57 Å². The van der Waals surface area contributed by atoms with E-state index in [-0.39, 0.29) is 24.4 Å². The summed E-state index contributed by atoms with van der Waals surface area (Å²) in [5, 5.41) is 0. The molecule has 1 aromatic heterocycles. The molecule has 1 heterocycles. The van der Waals surface area contributed by atoms with Crippen LogP contribution in [0.3, 0.4) is 0 Å². The van der Waals surface area contributed by atoms with Crippen LogP contribution in [-0.2, 0) is 22.9 Å². The van der Waals surface area contributed by atoms with Gasteiger partial charge in [0.15, 0.2) is 0 Å². The van der Waals surface area contributed by atoms with E-state index in [1.807, 2.05) is 0 Å². The minimum atomic E-state index is -3.07. The number of nitrogens with zero attached hydrogens (tertiary/aromatic N) is 1. The van der Waals surface area contributed by atoms with Crippen LogP contribution in [0.25, 0.3) is 0 Å². The maximum atomic E-state index is 11.8. The lowest BCUT2D eigenvalue weighted by Gasteiger charge is -2.10. The third-order valence-electron chi connectivity index (χ3n) is 2.38. The van der Waals surface area contributed by atoms with Crippen molar-refractivity contribution in [3.05, 3.63) is 33.7 Å². The minimum absolute atomic E-state index is 0.0399. The molecule has 0 fully saturated rings. The molecule has 1 rings (SSSR count). The van der Waals surface area contributed by atoms with Gasteiger partial charge in [-0.3, -0.25) is 4.79 Å². The van der Waals surface area contributed by atoms with Crippen LogP contribution in [0.5, 0.6) is 0 Å². The predicted octanol–water partition coefficient (Wildman–Crippen LogP) is -0.340. The Morgan fingerprint density at radius 2 is 2.00 bits per heavy atom. The number of rotatable bonds is 4. The Kier molecular flexibility index (Phi) is 3.88. The molecule has 0 amide bonds. The summed E-state index contributed by atoms with van der Waals surface area (Å²) in [6, 6.07) is 3.44. The summed E-state index contributed by atoms with van der Waals surface area (Å²) in [6.07, 6.45) is 1.15. The predicted molar refractivity (Wildman–Crippen MR) is 63.0 cm³/mol. The molecular formula is C10H16N2O3S. The number of aryl methyl sites for hydroxylation is 1. The van der Waals surface area contributed by atoms with Gasteiger partial charge < -0.3 is 10.3 Å². The second-order valence-corrected chi connectivity index (χ2v) is 6.05. The van der Waals surface area contributed by atoms with Crippen molar-refractivity contribution in [1.82, 2.24) is 4.57 Å². The van der Waals surface area contributed by atoms with Crippen molar-refractivity contribution in [3.63, 3.8) is 0 Å². The van der Waals surface area contributed by atoms with Gasteiger partial charge in [-0.25, -0.2) is 8.42 Å². The van der Waals surface area contributed by atoms with Crippen molar-refractivity contribution >= 4 is 9.84 Å². The van der Waals surface area contributed by atoms with Crippen LogP contribution in [0.15, 0.2) is 16.9 Å². The molecule has 2 N–H and O–H groups in total. The summed E-state index contributed by atoms with van der Waals surface area (Å²) in [5.41, 5.74) is 6.46. The van der Waals surface area contributed by atoms with Crippen molar-refractivity contribution in [3.8, 4) is 0 Å². The Balaban J connectivity index is 3.08. The average Bonchev–Trinajstić information content (AvgIpc) is 2.16. The normalized spacial score (nSPS) is 11.7. The van der Waals surface area contributed by atoms with Crippen LogP contribution in [0, 0.1) is 6.92 Å². The number of sulfone groups is 1. The fourth-order valence-electron chi connectivity index (χ4n) is 1.41. The lowest BCUT2D eigenvalue weighted by Crippen LogP contribution is -2.29. The summed E-state index contributed by atoms with van der Waals surface area (Å²) in [6.45, 7) is 2.11. The van der Waals surface area contributed by atoms with Gasteiger partial charge in [-0.1, -0.05) is 6.07 Å². The highest BCUT2D eigenvalue weighted by molar-refractivity contribution is 7.90. The Bertz CT molecular complexity index is 531. The zero-order valence-corrected chi connectivity index (χ0v) is 10.3. The highest BCUT2D eigenvalue weighted by Gasteiger charge is 2.08. The molecule has 0 aliphatic heterocycles. The number of nitrogens with two attached hydrogens (primary N) is 1. The highest BCUT2D eigenvalue weighted by Crippen LogP contribution is 1.99. The fraction of sp³-hybridized carbons (Fsp3) is 0.500. The molecule has 0 atom stereocenters. The molecule has 0 saturated carbocycles. The zero-order valence-electron chi connectivity index (χ0n) is 9.43. The van der Waals surface area contributed by atoms with E-state index in [2.05, 4.69) is 0 Å². The van der Waals surface area contributed by atoms with E-state index in [0.29, 0.717) is 5.56 Å². The van der Waals surface area contributed by atoms with E-state index in [9.17, 15) is 13.2 Å². The Morgan fingerprint density at radius 3 is 2.50 bits per heavy atom. The fourth-order valence-corrected chi connectivity index (χ4v) is 1.92. The summed E-state index contributed by atoms with van der Waals surface area (Å²) in [5.74, 6) is -0.0399. The van der Waals surface area contributed by atoms with Gasteiger partial charge in [0.1, 0.15) is 9.84 Å². The number of pyridine rings is 1. The van der Waals surface area contributed by atoms with Gasteiger partial charge in [0.2, 0.25) is 0 Å². The van der Waals surface area contributed by atoms with Crippen molar-refractivity contribution in [1.29, 1.82) is 0 Å². The molecule has 5 nitrogen and oxygen atoms in total. The van der Waals surface area contributed by atoms with E-state index in [4.69, 9.17) is 5.73 Å². The topological polar surface area (TPSA) is 82.2 Å². The van der Waals surface area contributed by atoms with Crippen LogP contribution in [0.4, 0.5) is 0 Å². The Hall–Kier alpha value is -1.14. The standard InChI is InChI=1S/C10H16N2O3S/c1-8-3-4-9(7-11)10(13)12(8)5-6-16(2,14)15/h3-4H,5-7,11H2,1-2H3. The maximum Gasteiger partial charge on any atom is 0.255 e. The molecule has 0 saturated heterocycles. The number of hydrogen-bond donors (Lipinski definition) is 1. The molecule has 1 aromatic rings. The van der Waals surface area contributed by atoms with Crippen LogP contribution in [0.1, 0.15) is 11.3 Å². The highest BCUT2D eigenvalue weighted by atomic mass is 32.2. The minimum Gasteiger partial charge on any atom is -0.326 e. The molecule has 0 bridgehead atoms.